The fourth-order valence-electron chi connectivity index (χ4n) is 2.90. The Hall–Kier alpha value is -2.56. The second-order valence-corrected chi connectivity index (χ2v) is 7.21. The molecule has 1 amide bonds. The van der Waals surface area contributed by atoms with E-state index in [0.717, 1.165) is 11.3 Å². The van der Waals surface area contributed by atoms with E-state index in [-0.39, 0.29) is 17.9 Å². The van der Waals surface area contributed by atoms with Crippen molar-refractivity contribution in [1.29, 1.82) is 0 Å². The molecule has 0 aliphatic rings. The Morgan fingerprint density at radius 1 is 1.12 bits per heavy atom. The third kappa shape index (κ3) is 4.54. The average molecular weight is 357 g/mol. The number of amides is 1. The normalized spacial score (nSPS) is 12.1. The van der Waals surface area contributed by atoms with E-state index in [1.54, 1.807) is 17.0 Å². The molecule has 140 valence electrons. The summed E-state index contributed by atoms with van der Waals surface area (Å²) < 4.78 is 13.6. The van der Waals surface area contributed by atoms with Crippen LogP contribution in [0.25, 0.3) is 0 Å². The summed E-state index contributed by atoms with van der Waals surface area (Å²) in [5.41, 5.74) is 8.95. The van der Waals surface area contributed by atoms with Gasteiger partial charge in [-0.25, -0.2) is 4.39 Å². The fraction of sp³-hybridized carbons (Fsp3) is 0.381. The van der Waals surface area contributed by atoms with Crippen LogP contribution in [0, 0.1) is 11.7 Å². The number of carbonyl (C=O) groups is 1. The second kappa shape index (κ2) is 8.21. The van der Waals surface area contributed by atoms with Crippen LogP contribution in [0.15, 0.2) is 42.5 Å². The topological polar surface area (TPSA) is 49.6 Å². The first-order valence-electron chi connectivity index (χ1n) is 8.83. The molecular formula is C21H28FN3O. The van der Waals surface area contributed by atoms with Gasteiger partial charge in [-0.05, 0) is 54.8 Å². The molecule has 4 nitrogen and oxygen atoms in total. The number of halogens is 1. The van der Waals surface area contributed by atoms with E-state index in [9.17, 15) is 9.18 Å². The Balaban J connectivity index is 2.44. The fourth-order valence-corrected chi connectivity index (χ4v) is 2.90. The van der Waals surface area contributed by atoms with Gasteiger partial charge in [0, 0.05) is 43.6 Å². The molecule has 1 atom stereocenters. The molecule has 0 saturated heterocycles. The van der Waals surface area contributed by atoms with E-state index in [4.69, 9.17) is 5.73 Å². The number of rotatable bonds is 6. The predicted octanol–water partition coefficient (Wildman–Crippen LogP) is 4.16. The summed E-state index contributed by atoms with van der Waals surface area (Å²) in [6.07, 6.45) is 0. The van der Waals surface area contributed by atoms with Crippen LogP contribution in [0.5, 0.6) is 0 Å². The summed E-state index contributed by atoms with van der Waals surface area (Å²) in [7, 11) is 3.92. The van der Waals surface area contributed by atoms with Gasteiger partial charge in [0.05, 0.1) is 0 Å². The number of anilines is 2. The molecule has 0 spiro atoms. The van der Waals surface area contributed by atoms with Gasteiger partial charge in [-0.1, -0.05) is 19.9 Å². The van der Waals surface area contributed by atoms with Crippen LogP contribution in [0.4, 0.5) is 15.8 Å². The van der Waals surface area contributed by atoms with Crippen LogP contribution in [0.3, 0.4) is 0 Å². The number of hydrogen-bond donors (Lipinski definition) is 1. The monoisotopic (exact) mass is 357 g/mol. The van der Waals surface area contributed by atoms with Crippen LogP contribution in [0.2, 0.25) is 0 Å². The third-order valence-corrected chi connectivity index (χ3v) is 4.71. The molecule has 0 aliphatic heterocycles. The molecular weight excluding hydrogens is 329 g/mol. The lowest BCUT2D eigenvalue weighted by molar-refractivity contribution is 0.0628. The molecule has 0 fully saturated rings. The summed E-state index contributed by atoms with van der Waals surface area (Å²) >= 11 is 0. The van der Waals surface area contributed by atoms with E-state index >= 15 is 0 Å². The van der Waals surface area contributed by atoms with Crippen molar-refractivity contribution in [2.45, 2.75) is 33.4 Å². The van der Waals surface area contributed by atoms with Crippen molar-refractivity contribution in [3.63, 3.8) is 0 Å². The van der Waals surface area contributed by atoms with Crippen LogP contribution in [0.1, 0.15) is 36.7 Å². The lowest BCUT2D eigenvalue weighted by atomic mass is 10.0. The standard InChI is InChI=1S/C21H28FN3O/c1-14(2)15(3)25(21(26)16-7-6-8-18(22)11-16)13-17-12-19(23)9-10-20(17)24(4)5/h6-12,14-15H,13,23H2,1-5H3/t15-/m1/s1. The van der Waals surface area contributed by atoms with Gasteiger partial charge < -0.3 is 15.5 Å². The lowest BCUT2D eigenvalue weighted by Gasteiger charge is -2.33. The summed E-state index contributed by atoms with van der Waals surface area (Å²) in [6.45, 7) is 6.57. The minimum absolute atomic E-state index is 0.0118. The van der Waals surface area contributed by atoms with Crippen molar-refractivity contribution in [1.82, 2.24) is 4.90 Å². The van der Waals surface area contributed by atoms with Gasteiger partial charge in [0.15, 0.2) is 0 Å². The molecule has 0 radical (unpaired) electrons. The van der Waals surface area contributed by atoms with Gasteiger partial charge in [-0.2, -0.15) is 0 Å². The molecule has 2 aromatic rings. The maximum absolute atomic E-state index is 13.6. The molecule has 0 aromatic heterocycles. The minimum atomic E-state index is -0.411. The summed E-state index contributed by atoms with van der Waals surface area (Å²) in [4.78, 5) is 16.9. The summed E-state index contributed by atoms with van der Waals surface area (Å²) in [5.74, 6) is -0.333. The zero-order valence-corrected chi connectivity index (χ0v) is 16.2. The van der Waals surface area contributed by atoms with Crippen molar-refractivity contribution in [2.75, 3.05) is 24.7 Å². The highest BCUT2D eigenvalue weighted by Gasteiger charge is 2.25. The first kappa shape index (κ1) is 19.8. The van der Waals surface area contributed by atoms with Gasteiger partial charge in [-0.3, -0.25) is 4.79 Å². The van der Waals surface area contributed by atoms with Gasteiger partial charge in [0.1, 0.15) is 5.82 Å². The van der Waals surface area contributed by atoms with Crippen molar-refractivity contribution in [2.24, 2.45) is 5.92 Å². The maximum atomic E-state index is 13.6. The van der Waals surface area contributed by atoms with Crippen LogP contribution in [-0.4, -0.2) is 30.9 Å². The lowest BCUT2D eigenvalue weighted by Crippen LogP contribution is -2.41. The number of nitrogen functional groups attached to an aromatic ring is 1. The number of benzene rings is 2. The molecule has 0 unspecified atom stereocenters. The zero-order valence-electron chi connectivity index (χ0n) is 16.2. The summed E-state index contributed by atoms with van der Waals surface area (Å²) in [6, 6.07) is 11.5. The predicted molar refractivity (Wildman–Crippen MR) is 106 cm³/mol. The maximum Gasteiger partial charge on any atom is 0.254 e. The first-order chi connectivity index (χ1) is 12.2. The highest BCUT2D eigenvalue weighted by atomic mass is 19.1. The Morgan fingerprint density at radius 3 is 2.38 bits per heavy atom. The van der Waals surface area contributed by atoms with Crippen molar-refractivity contribution >= 4 is 17.3 Å². The molecule has 5 heteroatoms. The first-order valence-corrected chi connectivity index (χ1v) is 8.83. The van der Waals surface area contributed by atoms with Crippen molar-refractivity contribution in [3.05, 3.63) is 59.4 Å². The molecule has 0 saturated carbocycles. The minimum Gasteiger partial charge on any atom is -0.399 e. The number of carbonyl (C=O) groups excluding carboxylic acids is 1. The number of nitrogens with two attached hydrogens (primary N) is 1. The van der Waals surface area contributed by atoms with Crippen molar-refractivity contribution in [3.8, 4) is 0 Å². The van der Waals surface area contributed by atoms with Gasteiger partial charge in [0.2, 0.25) is 0 Å². The zero-order chi connectivity index (χ0) is 19.4. The molecule has 0 bridgehead atoms. The van der Waals surface area contributed by atoms with Gasteiger partial charge >= 0.3 is 0 Å². The largest absolute Gasteiger partial charge is 0.399 e. The summed E-state index contributed by atoms with van der Waals surface area (Å²) in [5, 5.41) is 0. The quantitative estimate of drug-likeness (QED) is 0.790. The molecule has 26 heavy (non-hydrogen) atoms. The van der Waals surface area contributed by atoms with Gasteiger partial charge in [0.25, 0.3) is 5.91 Å². The SMILES string of the molecule is CC(C)[C@@H](C)N(Cc1cc(N)ccc1N(C)C)C(=O)c1cccc(F)c1. The second-order valence-electron chi connectivity index (χ2n) is 7.21. The van der Waals surface area contributed by atoms with Crippen LogP contribution < -0.4 is 10.6 Å². The average Bonchev–Trinajstić information content (AvgIpc) is 2.58. The smallest absolute Gasteiger partial charge is 0.254 e. The van der Waals surface area contributed by atoms with Crippen molar-refractivity contribution < 1.29 is 9.18 Å². The number of nitrogens with zero attached hydrogens (tertiary/aromatic N) is 2. The molecule has 0 heterocycles. The number of hydrogen-bond acceptors (Lipinski definition) is 3. The highest BCUT2D eigenvalue weighted by molar-refractivity contribution is 5.94. The molecule has 2 rings (SSSR count). The van der Waals surface area contributed by atoms with Crippen LogP contribution >= 0.6 is 0 Å². The highest BCUT2D eigenvalue weighted by Crippen LogP contribution is 2.26. The van der Waals surface area contributed by atoms with E-state index in [2.05, 4.69) is 13.8 Å². The van der Waals surface area contributed by atoms with Gasteiger partial charge in [-0.15, -0.1) is 0 Å². The molecule has 2 aromatic carbocycles. The molecule has 2 N–H and O–H groups in total. The third-order valence-electron chi connectivity index (χ3n) is 4.71. The Labute approximate surface area is 155 Å². The van der Waals surface area contributed by atoms with E-state index < -0.39 is 5.82 Å². The van der Waals surface area contributed by atoms with E-state index in [1.165, 1.54) is 12.1 Å². The van der Waals surface area contributed by atoms with E-state index in [0.29, 0.717) is 17.8 Å². The van der Waals surface area contributed by atoms with Crippen LogP contribution in [-0.2, 0) is 6.54 Å². The Bertz CT molecular complexity index is 774. The Morgan fingerprint density at radius 2 is 1.81 bits per heavy atom. The van der Waals surface area contributed by atoms with E-state index in [1.807, 2.05) is 44.1 Å². The molecule has 0 aliphatic carbocycles. The Kier molecular flexibility index (Phi) is 6.24.